The Labute approximate surface area is 119 Å². The summed E-state index contributed by atoms with van der Waals surface area (Å²) < 4.78 is 7.12. The quantitative estimate of drug-likeness (QED) is 0.620. The van der Waals surface area contributed by atoms with Crippen LogP contribution in [0.25, 0.3) is 11.2 Å². The van der Waals surface area contributed by atoms with Gasteiger partial charge >= 0.3 is 0 Å². The highest BCUT2D eigenvalue weighted by molar-refractivity contribution is 5.81. The van der Waals surface area contributed by atoms with E-state index in [1.54, 1.807) is 0 Å². The van der Waals surface area contributed by atoms with Crippen molar-refractivity contribution in [2.45, 2.75) is 24.5 Å². The van der Waals surface area contributed by atoms with E-state index in [0.717, 1.165) is 0 Å². The van der Waals surface area contributed by atoms with Crippen molar-refractivity contribution in [1.29, 1.82) is 0 Å². The monoisotopic (exact) mass is 287 g/mol. The highest BCUT2D eigenvalue weighted by Crippen LogP contribution is 2.32. The van der Waals surface area contributed by atoms with Crippen molar-refractivity contribution < 1.29 is 14.9 Å². The molecule has 8 nitrogen and oxygen atoms in total. The number of allylic oxidation sites excluding steroid dienone is 1. The van der Waals surface area contributed by atoms with Crippen molar-refractivity contribution in [1.82, 2.24) is 19.5 Å². The van der Waals surface area contributed by atoms with Gasteiger partial charge in [0.1, 0.15) is 30.2 Å². The molecule has 0 aromatic carbocycles. The van der Waals surface area contributed by atoms with E-state index in [1.165, 1.54) is 29.4 Å². The first-order valence-corrected chi connectivity index (χ1v) is 6.21. The van der Waals surface area contributed by atoms with Crippen LogP contribution >= 0.6 is 0 Å². The number of hydrogen-bond acceptors (Lipinski definition) is 7. The maximum Gasteiger partial charge on any atom is 0.167 e. The lowest BCUT2D eigenvalue weighted by atomic mass is 10.1. The average molecular weight is 287 g/mol. The Morgan fingerprint density at radius 3 is 2.90 bits per heavy atom. The lowest BCUT2D eigenvalue weighted by Crippen LogP contribution is -2.30. The molecule has 8 heteroatoms. The van der Waals surface area contributed by atoms with Gasteiger partial charge in [-0.25, -0.2) is 15.0 Å². The highest BCUT2D eigenvalue weighted by Gasteiger charge is 2.43. The second-order valence-corrected chi connectivity index (χ2v) is 4.58. The summed E-state index contributed by atoms with van der Waals surface area (Å²) in [5, 5.41) is 20.1. The van der Waals surface area contributed by atoms with Crippen molar-refractivity contribution >= 4 is 17.0 Å². The van der Waals surface area contributed by atoms with Gasteiger partial charge in [0.15, 0.2) is 17.7 Å². The molecular formula is C13H13N5O3. The van der Waals surface area contributed by atoms with Gasteiger partial charge in [-0.15, -0.1) is 6.42 Å². The van der Waals surface area contributed by atoms with Gasteiger partial charge in [0.25, 0.3) is 0 Å². The first-order valence-electron chi connectivity index (χ1n) is 6.21. The third-order valence-electron chi connectivity index (χ3n) is 3.32. The van der Waals surface area contributed by atoms with Crippen LogP contribution in [-0.2, 0) is 4.74 Å². The zero-order chi connectivity index (χ0) is 15.0. The molecule has 0 radical (unpaired) electrons. The van der Waals surface area contributed by atoms with E-state index in [1.807, 2.05) is 0 Å². The van der Waals surface area contributed by atoms with Gasteiger partial charge in [0, 0.05) is 0 Å². The molecule has 4 atom stereocenters. The van der Waals surface area contributed by atoms with E-state index in [9.17, 15) is 10.2 Å². The number of hydrogen-bond donors (Lipinski definition) is 3. The minimum Gasteiger partial charge on any atom is -0.387 e. The van der Waals surface area contributed by atoms with Crippen LogP contribution in [-0.4, -0.2) is 48.0 Å². The number of nitrogens with zero attached hydrogens (tertiary/aromatic N) is 4. The second kappa shape index (κ2) is 5.14. The van der Waals surface area contributed by atoms with E-state index >= 15 is 0 Å². The molecule has 0 unspecified atom stereocenters. The summed E-state index contributed by atoms with van der Waals surface area (Å²) in [6.07, 6.45) is 6.98. The predicted molar refractivity (Wildman–Crippen MR) is 73.6 cm³/mol. The van der Waals surface area contributed by atoms with E-state index in [0.29, 0.717) is 11.2 Å². The summed E-state index contributed by atoms with van der Waals surface area (Å²) in [5.74, 6) is 2.54. The SMILES string of the molecule is C#C/C=C\[C@H]1O[C@@H](n2cnc3c(N)ncnc32)[C@H](O)[C@@H]1O. The normalized spacial score (nSPS) is 29.2. The Morgan fingerprint density at radius 1 is 1.33 bits per heavy atom. The third kappa shape index (κ3) is 2.13. The Balaban J connectivity index is 1.98. The van der Waals surface area contributed by atoms with E-state index in [2.05, 4.69) is 20.9 Å². The summed E-state index contributed by atoms with van der Waals surface area (Å²) >= 11 is 0. The number of ether oxygens (including phenoxy) is 1. The lowest BCUT2D eigenvalue weighted by Gasteiger charge is -2.16. The molecule has 4 N–H and O–H groups in total. The van der Waals surface area contributed by atoms with Gasteiger partial charge < -0.3 is 20.7 Å². The zero-order valence-electron chi connectivity index (χ0n) is 10.9. The van der Waals surface area contributed by atoms with Crippen LogP contribution in [0.3, 0.4) is 0 Å². The maximum absolute atomic E-state index is 10.1. The van der Waals surface area contributed by atoms with E-state index < -0.39 is 24.5 Å². The molecular weight excluding hydrogens is 274 g/mol. The van der Waals surface area contributed by atoms with Crippen LogP contribution in [0, 0.1) is 12.3 Å². The molecule has 1 aliphatic heterocycles. The number of nitrogen functional groups attached to an aromatic ring is 1. The molecule has 0 bridgehead atoms. The first-order chi connectivity index (χ1) is 10.1. The van der Waals surface area contributed by atoms with Crippen molar-refractivity contribution in [3.8, 4) is 12.3 Å². The fraction of sp³-hybridized carbons (Fsp3) is 0.308. The maximum atomic E-state index is 10.1. The van der Waals surface area contributed by atoms with Crippen molar-refractivity contribution in [2.24, 2.45) is 0 Å². The molecule has 0 saturated carbocycles. The fourth-order valence-corrected chi connectivity index (χ4v) is 2.28. The smallest absolute Gasteiger partial charge is 0.167 e. The van der Waals surface area contributed by atoms with Gasteiger partial charge in [0.2, 0.25) is 0 Å². The summed E-state index contributed by atoms with van der Waals surface area (Å²) in [6.45, 7) is 0. The number of terminal acetylenes is 1. The number of rotatable bonds is 2. The molecule has 1 saturated heterocycles. The Hall–Kier alpha value is -2.47. The number of aliphatic hydroxyl groups excluding tert-OH is 2. The predicted octanol–water partition coefficient (Wildman–Crippen LogP) is -0.783. The Kier molecular flexibility index (Phi) is 3.31. The second-order valence-electron chi connectivity index (χ2n) is 4.58. The molecule has 2 aromatic heterocycles. The average Bonchev–Trinajstić information content (AvgIpc) is 3.02. The van der Waals surface area contributed by atoms with E-state index in [4.69, 9.17) is 16.9 Å². The van der Waals surface area contributed by atoms with Crippen LogP contribution in [0.4, 0.5) is 5.82 Å². The standard InChI is InChI=1S/C13H13N5O3/c1-2-3-4-7-9(19)10(20)13(21-7)18-6-17-8-11(14)15-5-16-12(8)18/h1,3-7,9-10,13,19-20H,(H2,14,15,16)/b4-3-/t7-,9-,10-,13-/m1/s1. The number of aliphatic hydroxyl groups is 2. The first kappa shape index (κ1) is 13.5. The van der Waals surface area contributed by atoms with Gasteiger partial charge in [-0.1, -0.05) is 5.92 Å². The van der Waals surface area contributed by atoms with E-state index in [-0.39, 0.29) is 5.82 Å². The number of fused-ring (bicyclic) bond motifs is 1. The molecule has 0 aliphatic carbocycles. The van der Waals surface area contributed by atoms with Gasteiger partial charge in [0.05, 0.1) is 6.33 Å². The number of imidazole rings is 1. The minimum atomic E-state index is -1.15. The molecule has 0 amide bonds. The number of nitrogens with two attached hydrogens (primary N) is 1. The topological polar surface area (TPSA) is 119 Å². The fourth-order valence-electron chi connectivity index (χ4n) is 2.28. The van der Waals surface area contributed by atoms with Crippen LogP contribution in [0.2, 0.25) is 0 Å². The minimum absolute atomic E-state index is 0.232. The third-order valence-corrected chi connectivity index (χ3v) is 3.32. The molecule has 3 heterocycles. The molecule has 21 heavy (non-hydrogen) atoms. The lowest BCUT2D eigenvalue weighted by molar-refractivity contribution is -0.0244. The number of anilines is 1. The van der Waals surface area contributed by atoms with Gasteiger partial charge in [-0.2, -0.15) is 0 Å². The van der Waals surface area contributed by atoms with Crippen LogP contribution in [0.5, 0.6) is 0 Å². The highest BCUT2D eigenvalue weighted by atomic mass is 16.6. The van der Waals surface area contributed by atoms with Crippen LogP contribution in [0.1, 0.15) is 6.23 Å². The summed E-state index contributed by atoms with van der Waals surface area (Å²) in [7, 11) is 0. The summed E-state index contributed by atoms with van der Waals surface area (Å²) in [4.78, 5) is 12.0. The van der Waals surface area contributed by atoms with Crippen molar-refractivity contribution in [3.05, 3.63) is 24.8 Å². The molecule has 2 aromatic rings. The number of aromatic nitrogens is 4. The van der Waals surface area contributed by atoms with Crippen molar-refractivity contribution in [2.75, 3.05) is 5.73 Å². The zero-order valence-corrected chi connectivity index (χ0v) is 10.9. The molecule has 108 valence electrons. The molecule has 1 aliphatic rings. The van der Waals surface area contributed by atoms with Crippen LogP contribution < -0.4 is 5.73 Å². The Morgan fingerprint density at radius 2 is 2.14 bits per heavy atom. The molecule has 1 fully saturated rings. The summed E-state index contributed by atoms with van der Waals surface area (Å²) in [5.41, 5.74) is 6.53. The van der Waals surface area contributed by atoms with Crippen LogP contribution in [0.15, 0.2) is 24.8 Å². The van der Waals surface area contributed by atoms with Crippen molar-refractivity contribution in [3.63, 3.8) is 0 Å². The van der Waals surface area contributed by atoms with Gasteiger partial charge in [-0.3, -0.25) is 4.57 Å². The molecule has 0 spiro atoms. The molecule has 3 rings (SSSR count). The Bertz CT molecular complexity index is 735. The largest absolute Gasteiger partial charge is 0.387 e. The van der Waals surface area contributed by atoms with Gasteiger partial charge in [-0.05, 0) is 12.2 Å². The summed E-state index contributed by atoms with van der Waals surface area (Å²) in [6, 6.07) is 0.